The number of nitrogens with zero attached hydrogens (tertiary/aromatic N) is 1. The van der Waals surface area contributed by atoms with Crippen LogP contribution in [0.15, 0.2) is 42.5 Å². The van der Waals surface area contributed by atoms with Crippen molar-refractivity contribution in [2.24, 2.45) is 0 Å². The van der Waals surface area contributed by atoms with Crippen molar-refractivity contribution in [2.45, 2.75) is 20.8 Å². The second kappa shape index (κ2) is 8.68. The SMILES string of the molecule is CCOc1ccc(/C=C/C(=O)Nc2nc3ccc(C)cc3s2)cc1OCC. The molecule has 0 aliphatic carbocycles. The van der Waals surface area contributed by atoms with E-state index in [1.807, 2.05) is 51.1 Å². The maximum atomic E-state index is 12.2. The molecule has 2 aromatic carbocycles. The van der Waals surface area contributed by atoms with Gasteiger partial charge in [0.1, 0.15) is 0 Å². The van der Waals surface area contributed by atoms with Gasteiger partial charge in [-0.1, -0.05) is 23.5 Å². The molecule has 3 aromatic rings. The van der Waals surface area contributed by atoms with Gasteiger partial charge < -0.3 is 9.47 Å². The van der Waals surface area contributed by atoms with E-state index < -0.39 is 0 Å². The molecule has 0 radical (unpaired) electrons. The van der Waals surface area contributed by atoms with E-state index in [1.54, 1.807) is 6.08 Å². The molecule has 1 aromatic heterocycles. The maximum absolute atomic E-state index is 12.2. The maximum Gasteiger partial charge on any atom is 0.250 e. The second-order valence-electron chi connectivity index (χ2n) is 5.88. The number of amides is 1. The molecule has 0 atom stereocenters. The van der Waals surface area contributed by atoms with Crippen molar-refractivity contribution < 1.29 is 14.3 Å². The van der Waals surface area contributed by atoms with Gasteiger partial charge in [0.2, 0.25) is 5.91 Å². The van der Waals surface area contributed by atoms with E-state index in [0.29, 0.717) is 29.8 Å². The lowest BCUT2D eigenvalue weighted by molar-refractivity contribution is -0.111. The van der Waals surface area contributed by atoms with Crippen LogP contribution in [-0.2, 0) is 4.79 Å². The van der Waals surface area contributed by atoms with Crippen molar-refractivity contribution >= 4 is 38.7 Å². The molecule has 27 heavy (non-hydrogen) atoms. The van der Waals surface area contributed by atoms with Gasteiger partial charge in [-0.15, -0.1) is 0 Å². The van der Waals surface area contributed by atoms with Gasteiger partial charge in [0.05, 0.1) is 23.4 Å². The van der Waals surface area contributed by atoms with Gasteiger partial charge in [-0.05, 0) is 62.2 Å². The minimum Gasteiger partial charge on any atom is -0.490 e. The van der Waals surface area contributed by atoms with Gasteiger partial charge in [-0.25, -0.2) is 4.98 Å². The Labute approximate surface area is 162 Å². The third-order valence-corrected chi connectivity index (χ3v) is 4.70. The summed E-state index contributed by atoms with van der Waals surface area (Å²) in [6.45, 7) is 7.00. The standard InChI is InChI=1S/C21H22N2O3S/c1-4-25-17-10-7-15(13-18(17)26-5-2)8-11-20(24)23-21-22-16-9-6-14(3)12-19(16)27-21/h6-13H,4-5H2,1-3H3,(H,22,23,24)/b11-8+. The molecule has 1 amide bonds. The summed E-state index contributed by atoms with van der Waals surface area (Å²) in [7, 11) is 0. The zero-order chi connectivity index (χ0) is 19.2. The number of nitrogens with one attached hydrogen (secondary N) is 1. The molecule has 0 aliphatic rings. The number of benzene rings is 2. The number of hydrogen-bond acceptors (Lipinski definition) is 5. The van der Waals surface area contributed by atoms with Crippen molar-refractivity contribution in [1.82, 2.24) is 4.98 Å². The fourth-order valence-corrected chi connectivity index (χ4v) is 3.54. The van der Waals surface area contributed by atoms with Crippen LogP contribution in [0.3, 0.4) is 0 Å². The highest BCUT2D eigenvalue weighted by molar-refractivity contribution is 7.22. The molecule has 140 valence electrons. The van der Waals surface area contributed by atoms with Crippen molar-refractivity contribution in [1.29, 1.82) is 0 Å². The van der Waals surface area contributed by atoms with E-state index >= 15 is 0 Å². The number of carbonyl (C=O) groups is 1. The molecule has 0 fully saturated rings. The minimum atomic E-state index is -0.224. The number of aromatic nitrogens is 1. The van der Waals surface area contributed by atoms with Gasteiger partial charge in [0, 0.05) is 6.08 Å². The predicted molar refractivity (Wildman–Crippen MR) is 111 cm³/mol. The summed E-state index contributed by atoms with van der Waals surface area (Å²) in [4.78, 5) is 16.7. The molecule has 1 N–H and O–H groups in total. The zero-order valence-corrected chi connectivity index (χ0v) is 16.4. The first kappa shape index (κ1) is 18.9. The Kier molecular flexibility index (Phi) is 6.08. The quantitative estimate of drug-likeness (QED) is 0.581. The summed E-state index contributed by atoms with van der Waals surface area (Å²) in [5.74, 6) is 1.15. The Morgan fingerprint density at radius 3 is 2.67 bits per heavy atom. The van der Waals surface area contributed by atoms with Crippen molar-refractivity contribution in [3.63, 3.8) is 0 Å². The summed E-state index contributed by atoms with van der Waals surface area (Å²) >= 11 is 1.46. The van der Waals surface area contributed by atoms with E-state index in [2.05, 4.69) is 16.4 Å². The fraction of sp³-hybridized carbons (Fsp3) is 0.238. The van der Waals surface area contributed by atoms with Crippen LogP contribution < -0.4 is 14.8 Å². The average Bonchev–Trinajstić information content (AvgIpc) is 3.03. The third kappa shape index (κ3) is 4.86. The van der Waals surface area contributed by atoms with Crippen molar-refractivity contribution in [3.05, 3.63) is 53.6 Å². The highest BCUT2D eigenvalue weighted by Crippen LogP contribution is 2.29. The first-order chi connectivity index (χ1) is 13.1. The van der Waals surface area contributed by atoms with Gasteiger partial charge >= 0.3 is 0 Å². The largest absolute Gasteiger partial charge is 0.490 e. The monoisotopic (exact) mass is 382 g/mol. The van der Waals surface area contributed by atoms with E-state index in [1.165, 1.54) is 23.0 Å². The number of fused-ring (bicyclic) bond motifs is 1. The fourth-order valence-electron chi connectivity index (χ4n) is 2.58. The molecule has 6 heteroatoms. The molecule has 0 spiro atoms. The lowest BCUT2D eigenvalue weighted by atomic mass is 10.2. The number of carbonyl (C=O) groups excluding carboxylic acids is 1. The smallest absolute Gasteiger partial charge is 0.250 e. The Bertz CT molecular complexity index is 979. The Balaban J connectivity index is 1.70. The molecular weight excluding hydrogens is 360 g/mol. The number of rotatable bonds is 7. The van der Waals surface area contributed by atoms with E-state index in [9.17, 15) is 4.79 Å². The van der Waals surface area contributed by atoms with Crippen LogP contribution in [0.25, 0.3) is 16.3 Å². The minimum absolute atomic E-state index is 0.224. The molecule has 0 bridgehead atoms. The Morgan fingerprint density at radius 2 is 1.89 bits per heavy atom. The topological polar surface area (TPSA) is 60.5 Å². The summed E-state index contributed by atoms with van der Waals surface area (Å²) in [6.07, 6.45) is 3.23. The normalized spacial score (nSPS) is 11.1. The predicted octanol–water partition coefficient (Wildman–Crippen LogP) is 5.05. The van der Waals surface area contributed by atoms with Gasteiger partial charge in [-0.3, -0.25) is 10.1 Å². The number of thiazole rings is 1. The van der Waals surface area contributed by atoms with Crippen molar-refractivity contribution in [2.75, 3.05) is 18.5 Å². The lowest BCUT2D eigenvalue weighted by Gasteiger charge is -2.11. The van der Waals surface area contributed by atoms with Crippen LogP contribution in [0, 0.1) is 6.92 Å². The molecule has 0 aliphatic heterocycles. The van der Waals surface area contributed by atoms with Gasteiger partial charge in [-0.2, -0.15) is 0 Å². The first-order valence-corrected chi connectivity index (χ1v) is 9.66. The lowest BCUT2D eigenvalue weighted by Crippen LogP contribution is -2.07. The summed E-state index contributed by atoms with van der Waals surface area (Å²) in [5.41, 5.74) is 2.92. The molecule has 0 saturated heterocycles. The highest BCUT2D eigenvalue weighted by atomic mass is 32.1. The third-order valence-electron chi connectivity index (χ3n) is 3.77. The number of anilines is 1. The van der Waals surface area contributed by atoms with Crippen LogP contribution in [-0.4, -0.2) is 24.1 Å². The summed E-state index contributed by atoms with van der Waals surface area (Å²) in [6, 6.07) is 11.6. The zero-order valence-electron chi connectivity index (χ0n) is 15.6. The molecule has 3 rings (SSSR count). The number of aryl methyl sites for hydroxylation is 1. The van der Waals surface area contributed by atoms with Crippen LogP contribution in [0.4, 0.5) is 5.13 Å². The first-order valence-electron chi connectivity index (χ1n) is 8.85. The van der Waals surface area contributed by atoms with E-state index in [4.69, 9.17) is 9.47 Å². The van der Waals surface area contributed by atoms with E-state index in [-0.39, 0.29) is 5.91 Å². The second-order valence-corrected chi connectivity index (χ2v) is 6.92. The van der Waals surface area contributed by atoms with Crippen LogP contribution >= 0.6 is 11.3 Å². The van der Waals surface area contributed by atoms with E-state index in [0.717, 1.165) is 15.8 Å². The summed E-state index contributed by atoms with van der Waals surface area (Å²) < 4.78 is 12.2. The number of hydrogen-bond donors (Lipinski definition) is 1. The molecule has 0 saturated carbocycles. The average molecular weight is 382 g/mol. The Morgan fingerprint density at radius 1 is 1.11 bits per heavy atom. The molecule has 1 heterocycles. The highest BCUT2D eigenvalue weighted by Gasteiger charge is 2.07. The van der Waals surface area contributed by atoms with Crippen molar-refractivity contribution in [3.8, 4) is 11.5 Å². The van der Waals surface area contributed by atoms with Crippen LogP contribution in [0.5, 0.6) is 11.5 Å². The number of ether oxygens (including phenoxy) is 2. The Hall–Kier alpha value is -2.86. The molecule has 0 unspecified atom stereocenters. The van der Waals surface area contributed by atoms with Gasteiger partial charge in [0.25, 0.3) is 0 Å². The van der Waals surface area contributed by atoms with Crippen LogP contribution in [0.2, 0.25) is 0 Å². The van der Waals surface area contributed by atoms with Gasteiger partial charge in [0.15, 0.2) is 16.6 Å². The summed E-state index contributed by atoms with van der Waals surface area (Å²) in [5, 5.41) is 3.41. The molecule has 5 nitrogen and oxygen atoms in total. The van der Waals surface area contributed by atoms with Crippen LogP contribution in [0.1, 0.15) is 25.0 Å². The molecular formula is C21H22N2O3S.